The molecule has 0 saturated heterocycles. The summed E-state index contributed by atoms with van der Waals surface area (Å²) >= 11 is 5.91. The summed E-state index contributed by atoms with van der Waals surface area (Å²) in [6.07, 6.45) is 5.52. The highest BCUT2D eigenvalue weighted by atomic mass is 35.5. The van der Waals surface area contributed by atoms with E-state index in [1.165, 1.54) is 24.6 Å². The van der Waals surface area contributed by atoms with E-state index < -0.39 is 16.5 Å². The van der Waals surface area contributed by atoms with Crippen molar-refractivity contribution >= 4 is 41.5 Å². The van der Waals surface area contributed by atoms with Crippen molar-refractivity contribution in [2.24, 2.45) is 11.7 Å². The van der Waals surface area contributed by atoms with Gasteiger partial charge in [-0.25, -0.2) is 0 Å². The first-order valence-electron chi connectivity index (χ1n) is 8.64. The van der Waals surface area contributed by atoms with Crippen LogP contribution in [0.25, 0.3) is 0 Å². The van der Waals surface area contributed by atoms with Gasteiger partial charge in [0.25, 0.3) is 11.6 Å². The van der Waals surface area contributed by atoms with Crippen LogP contribution in [0.3, 0.4) is 0 Å². The van der Waals surface area contributed by atoms with Gasteiger partial charge in [0.15, 0.2) is 0 Å². The van der Waals surface area contributed by atoms with Crippen LogP contribution in [0.2, 0.25) is 5.02 Å². The topological polar surface area (TPSA) is 127 Å². The second-order valence-corrected chi connectivity index (χ2v) is 6.79. The highest BCUT2D eigenvalue weighted by Gasteiger charge is 2.26. The Morgan fingerprint density at radius 3 is 2.56 bits per heavy atom. The summed E-state index contributed by atoms with van der Waals surface area (Å²) < 4.78 is 0. The van der Waals surface area contributed by atoms with Crippen molar-refractivity contribution in [1.82, 2.24) is 10.6 Å². The minimum atomic E-state index is -0.764. The summed E-state index contributed by atoms with van der Waals surface area (Å²) in [7, 11) is 0. The lowest BCUT2D eigenvalue weighted by Gasteiger charge is -2.30. The lowest BCUT2D eigenvalue weighted by molar-refractivity contribution is -0.385. The maximum absolute atomic E-state index is 12.2. The van der Waals surface area contributed by atoms with Crippen LogP contribution < -0.4 is 16.4 Å². The first kappa shape index (κ1) is 23.1. The molecule has 0 spiro atoms. The lowest BCUT2D eigenvalue weighted by atomic mass is 9.84. The summed E-state index contributed by atoms with van der Waals surface area (Å²) in [5.41, 5.74) is 5.12. The number of nitrogens with one attached hydrogen (secondary N) is 2. The maximum atomic E-state index is 12.2. The Kier molecular flexibility index (Phi) is 9.48. The average Bonchev–Trinajstić information content (AvgIpc) is 2.64. The smallest absolute Gasteiger partial charge is 0.283 e. The molecule has 1 aromatic carbocycles. The molecule has 1 fully saturated rings. The van der Waals surface area contributed by atoms with Crippen LogP contribution >= 0.6 is 24.0 Å². The molecule has 1 aromatic rings. The number of carbonyl (C=O) groups is 2. The fourth-order valence-corrected chi connectivity index (χ4v) is 3.56. The minimum absolute atomic E-state index is 0. The van der Waals surface area contributed by atoms with Gasteiger partial charge in [0.2, 0.25) is 5.91 Å². The summed E-state index contributed by atoms with van der Waals surface area (Å²) in [6, 6.07) is 3.83. The highest BCUT2D eigenvalue weighted by Crippen LogP contribution is 2.27. The number of hydrogen-bond donors (Lipinski definition) is 3. The van der Waals surface area contributed by atoms with Gasteiger partial charge in [-0.1, -0.05) is 36.9 Å². The van der Waals surface area contributed by atoms with Crippen molar-refractivity contribution in [2.45, 2.75) is 38.1 Å². The van der Waals surface area contributed by atoms with Crippen molar-refractivity contribution in [3.8, 4) is 0 Å². The van der Waals surface area contributed by atoms with Crippen molar-refractivity contribution in [3.63, 3.8) is 0 Å². The fraction of sp³-hybridized carbons (Fsp3) is 0.529. The van der Waals surface area contributed by atoms with E-state index >= 15 is 0 Å². The molecule has 2 amide bonds. The molecule has 1 unspecified atom stereocenters. The number of halogens is 2. The molecule has 0 heterocycles. The predicted molar refractivity (Wildman–Crippen MR) is 105 cm³/mol. The molecule has 150 valence electrons. The van der Waals surface area contributed by atoms with Crippen molar-refractivity contribution < 1.29 is 14.5 Å². The molecule has 8 nitrogen and oxygen atoms in total. The van der Waals surface area contributed by atoms with Crippen LogP contribution in [0.1, 0.15) is 42.5 Å². The van der Waals surface area contributed by atoms with E-state index in [4.69, 9.17) is 17.3 Å². The van der Waals surface area contributed by atoms with Crippen LogP contribution in [-0.2, 0) is 4.79 Å². The molecule has 2 rings (SSSR count). The van der Waals surface area contributed by atoms with Gasteiger partial charge in [-0.05, 0) is 24.8 Å². The van der Waals surface area contributed by atoms with Crippen molar-refractivity contribution in [2.75, 3.05) is 13.1 Å². The van der Waals surface area contributed by atoms with Gasteiger partial charge < -0.3 is 16.4 Å². The zero-order chi connectivity index (χ0) is 19.1. The second kappa shape index (κ2) is 11.1. The normalized spacial score (nSPS) is 15.3. The number of nitro benzene ring substituents is 1. The molecule has 1 saturated carbocycles. The van der Waals surface area contributed by atoms with Crippen molar-refractivity contribution in [1.29, 1.82) is 0 Å². The SMILES string of the molecule is Cl.NCC(NC(=O)CNC(=O)c1c(Cl)cccc1[N+](=O)[O-])C1CCCCC1. The van der Waals surface area contributed by atoms with Crippen LogP contribution in [-0.4, -0.2) is 35.9 Å². The van der Waals surface area contributed by atoms with E-state index in [1.807, 2.05) is 0 Å². The molecule has 0 radical (unpaired) electrons. The quantitative estimate of drug-likeness (QED) is 0.462. The third kappa shape index (κ3) is 6.34. The van der Waals surface area contributed by atoms with Crippen LogP contribution in [0.15, 0.2) is 18.2 Å². The monoisotopic (exact) mass is 418 g/mol. The van der Waals surface area contributed by atoms with Gasteiger partial charge in [0.1, 0.15) is 5.56 Å². The van der Waals surface area contributed by atoms with E-state index in [1.54, 1.807) is 0 Å². The molecule has 10 heteroatoms. The van der Waals surface area contributed by atoms with E-state index in [9.17, 15) is 19.7 Å². The van der Waals surface area contributed by atoms with Crippen LogP contribution in [0.5, 0.6) is 0 Å². The largest absolute Gasteiger partial charge is 0.350 e. The number of nitrogens with zero attached hydrogens (tertiary/aromatic N) is 1. The van der Waals surface area contributed by atoms with E-state index in [0.717, 1.165) is 25.7 Å². The Morgan fingerprint density at radius 2 is 1.96 bits per heavy atom. The van der Waals surface area contributed by atoms with Gasteiger partial charge >= 0.3 is 0 Å². The number of nitrogens with two attached hydrogens (primary N) is 1. The summed E-state index contributed by atoms with van der Waals surface area (Å²) in [5.74, 6) is -0.799. The number of benzene rings is 1. The number of rotatable bonds is 7. The molecular formula is C17H24Cl2N4O4. The van der Waals surface area contributed by atoms with Crippen LogP contribution in [0, 0.1) is 16.0 Å². The summed E-state index contributed by atoms with van der Waals surface area (Å²) in [6.45, 7) is 0.0325. The maximum Gasteiger partial charge on any atom is 0.283 e. The first-order chi connectivity index (χ1) is 12.4. The van der Waals surface area contributed by atoms with E-state index in [2.05, 4.69) is 10.6 Å². The molecule has 0 aliphatic heterocycles. The standard InChI is InChI=1S/C17H23ClN4O4.ClH/c18-12-7-4-8-14(22(25)26)16(12)17(24)20-10-15(23)21-13(9-19)11-5-2-1-3-6-11;/h4,7-8,11,13H,1-3,5-6,9-10,19H2,(H,20,24)(H,21,23);1H. The van der Waals surface area contributed by atoms with Gasteiger partial charge in [-0.3, -0.25) is 19.7 Å². The molecule has 0 bridgehead atoms. The number of carbonyl (C=O) groups excluding carboxylic acids is 2. The third-order valence-electron chi connectivity index (χ3n) is 4.64. The molecule has 0 aromatic heterocycles. The van der Waals surface area contributed by atoms with Crippen LogP contribution in [0.4, 0.5) is 5.69 Å². The second-order valence-electron chi connectivity index (χ2n) is 6.38. The van der Waals surface area contributed by atoms with E-state index in [-0.39, 0.29) is 41.5 Å². The highest BCUT2D eigenvalue weighted by molar-refractivity contribution is 6.34. The average molecular weight is 419 g/mol. The first-order valence-corrected chi connectivity index (χ1v) is 9.02. The predicted octanol–water partition coefficient (Wildman–Crippen LogP) is 2.42. The number of nitro groups is 1. The Morgan fingerprint density at radius 1 is 1.30 bits per heavy atom. The minimum Gasteiger partial charge on any atom is -0.350 e. The van der Waals surface area contributed by atoms with Gasteiger partial charge in [-0.2, -0.15) is 0 Å². The van der Waals surface area contributed by atoms with Gasteiger partial charge in [0.05, 0.1) is 16.5 Å². The molecule has 4 N–H and O–H groups in total. The summed E-state index contributed by atoms with van der Waals surface area (Å²) in [4.78, 5) is 34.8. The summed E-state index contributed by atoms with van der Waals surface area (Å²) in [5, 5.41) is 16.2. The van der Waals surface area contributed by atoms with Crippen molar-refractivity contribution in [3.05, 3.63) is 38.9 Å². The van der Waals surface area contributed by atoms with Gasteiger partial charge in [-0.15, -0.1) is 12.4 Å². The number of amides is 2. The lowest BCUT2D eigenvalue weighted by Crippen LogP contribution is -2.49. The number of hydrogen-bond acceptors (Lipinski definition) is 5. The Bertz CT molecular complexity index is 681. The zero-order valence-corrected chi connectivity index (χ0v) is 16.4. The molecule has 1 atom stereocenters. The Hall–Kier alpha value is -1.90. The Labute approximate surface area is 168 Å². The molecule has 27 heavy (non-hydrogen) atoms. The third-order valence-corrected chi connectivity index (χ3v) is 4.96. The van der Waals surface area contributed by atoms with Gasteiger partial charge in [0, 0.05) is 18.7 Å². The molecule has 1 aliphatic carbocycles. The zero-order valence-electron chi connectivity index (χ0n) is 14.8. The molecule has 1 aliphatic rings. The Balaban J connectivity index is 0.00000364. The fourth-order valence-electron chi connectivity index (χ4n) is 3.30. The van der Waals surface area contributed by atoms with E-state index in [0.29, 0.717) is 12.5 Å². The molecular weight excluding hydrogens is 395 g/mol.